The third-order valence-electron chi connectivity index (χ3n) is 4.39. The summed E-state index contributed by atoms with van der Waals surface area (Å²) in [5.74, 6) is 1.60. The molecule has 0 bridgehead atoms. The second-order valence-electron chi connectivity index (χ2n) is 6.06. The Morgan fingerprint density at radius 3 is 3.04 bits per heavy atom. The van der Waals surface area contributed by atoms with Gasteiger partial charge in [0.1, 0.15) is 6.54 Å². The highest BCUT2D eigenvalue weighted by Gasteiger charge is 2.15. The fourth-order valence-corrected chi connectivity index (χ4v) is 4.09. The molecular weight excluding hydrogens is 328 g/mol. The number of hydrogen-bond acceptors (Lipinski definition) is 4. The molecule has 0 saturated heterocycles. The Labute approximate surface area is 145 Å². The molecule has 2 heterocycles. The quantitative estimate of drug-likeness (QED) is 0.590. The van der Waals surface area contributed by atoms with E-state index in [9.17, 15) is 4.79 Å². The molecule has 2 N–H and O–H groups in total. The van der Waals surface area contributed by atoms with Gasteiger partial charge in [0.25, 0.3) is 0 Å². The van der Waals surface area contributed by atoms with Gasteiger partial charge >= 0.3 is 0 Å². The number of aromatic nitrogens is 3. The van der Waals surface area contributed by atoms with Crippen molar-refractivity contribution in [1.29, 1.82) is 0 Å². The molecule has 0 unspecified atom stereocenters. The summed E-state index contributed by atoms with van der Waals surface area (Å²) in [5.41, 5.74) is 0. The van der Waals surface area contributed by atoms with Gasteiger partial charge in [-0.3, -0.25) is 14.5 Å². The average molecular weight is 351 g/mol. The molecule has 0 spiro atoms. The molecule has 0 radical (unpaired) electrons. The molecule has 0 atom stereocenters. The van der Waals surface area contributed by atoms with Crippen LogP contribution in [0.2, 0.25) is 0 Å². The molecule has 0 aliphatic heterocycles. The lowest BCUT2D eigenvalue weighted by molar-refractivity contribution is -0.121. The van der Waals surface area contributed by atoms with Crippen LogP contribution in [-0.4, -0.2) is 27.2 Å². The van der Waals surface area contributed by atoms with Gasteiger partial charge in [0.15, 0.2) is 10.6 Å². The molecule has 2 aromatic heterocycles. The Kier molecular flexibility index (Phi) is 5.61. The van der Waals surface area contributed by atoms with E-state index >= 15 is 0 Å². The summed E-state index contributed by atoms with van der Waals surface area (Å²) in [4.78, 5) is 13.2. The van der Waals surface area contributed by atoms with E-state index in [0.29, 0.717) is 4.77 Å². The molecule has 0 aromatic carbocycles. The van der Waals surface area contributed by atoms with Crippen molar-refractivity contribution < 1.29 is 4.79 Å². The predicted octanol–water partition coefficient (Wildman–Crippen LogP) is 3.76. The van der Waals surface area contributed by atoms with Crippen LogP contribution in [-0.2, 0) is 11.3 Å². The molecule has 1 fully saturated rings. The molecule has 3 rings (SSSR count). The van der Waals surface area contributed by atoms with E-state index in [1.807, 2.05) is 17.5 Å². The van der Waals surface area contributed by atoms with Crippen molar-refractivity contribution in [3.05, 3.63) is 22.3 Å². The maximum absolute atomic E-state index is 12.2. The van der Waals surface area contributed by atoms with Crippen LogP contribution in [0.15, 0.2) is 17.5 Å². The number of amides is 1. The van der Waals surface area contributed by atoms with Crippen molar-refractivity contribution in [3.63, 3.8) is 0 Å². The van der Waals surface area contributed by atoms with Gasteiger partial charge in [0.05, 0.1) is 4.88 Å². The van der Waals surface area contributed by atoms with Gasteiger partial charge in [-0.2, -0.15) is 5.10 Å². The van der Waals surface area contributed by atoms with Crippen LogP contribution in [0, 0.1) is 10.7 Å². The first kappa shape index (κ1) is 16.4. The van der Waals surface area contributed by atoms with Gasteiger partial charge in [-0.05, 0) is 42.4 Å². The van der Waals surface area contributed by atoms with Crippen molar-refractivity contribution in [2.75, 3.05) is 6.54 Å². The molecule has 5 nitrogen and oxygen atoms in total. The highest BCUT2D eigenvalue weighted by molar-refractivity contribution is 7.71. The number of nitrogens with zero attached hydrogens (tertiary/aromatic N) is 2. The lowest BCUT2D eigenvalue weighted by Crippen LogP contribution is -2.29. The van der Waals surface area contributed by atoms with Crippen molar-refractivity contribution in [3.8, 4) is 10.7 Å². The molecular formula is C16H22N4OS2. The smallest absolute Gasteiger partial charge is 0.240 e. The number of H-pyrrole nitrogens is 1. The van der Waals surface area contributed by atoms with Crippen LogP contribution >= 0.6 is 23.6 Å². The Morgan fingerprint density at radius 2 is 2.30 bits per heavy atom. The first-order valence-electron chi connectivity index (χ1n) is 8.20. The summed E-state index contributed by atoms with van der Waals surface area (Å²) in [7, 11) is 0. The molecule has 2 aromatic rings. The maximum Gasteiger partial charge on any atom is 0.240 e. The minimum Gasteiger partial charge on any atom is -0.355 e. The SMILES string of the molecule is O=C(Cn1c(-c2cccs2)n[nH]c1=S)NCCCC1CCCC1. The van der Waals surface area contributed by atoms with Gasteiger partial charge in [-0.25, -0.2) is 0 Å². The van der Waals surface area contributed by atoms with E-state index in [1.165, 1.54) is 32.1 Å². The van der Waals surface area contributed by atoms with E-state index in [4.69, 9.17) is 12.2 Å². The molecule has 1 amide bonds. The average Bonchev–Trinajstić information content (AvgIpc) is 3.27. The highest BCUT2D eigenvalue weighted by Crippen LogP contribution is 2.28. The van der Waals surface area contributed by atoms with Crippen LogP contribution in [0.1, 0.15) is 38.5 Å². The number of nitrogens with one attached hydrogen (secondary N) is 2. The van der Waals surface area contributed by atoms with E-state index in [1.54, 1.807) is 15.9 Å². The minimum atomic E-state index is -0.00766. The molecule has 7 heteroatoms. The zero-order valence-corrected chi connectivity index (χ0v) is 14.7. The lowest BCUT2D eigenvalue weighted by atomic mass is 10.0. The Hall–Kier alpha value is -1.47. The van der Waals surface area contributed by atoms with Gasteiger partial charge in [-0.15, -0.1) is 11.3 Å². The van der Waals surface area contributed by atoms with Crippen molar-refractivity contribution in [2.24, 2.45) is 5.92 Å². The van der Waals surface area contributed by atoms with E-state index in [-0.39, 0.29) is 12.5 Å². The van der Waals surface area contributed by atoms with Crippen LogP contribution in [0.4, 0.5) is 0 Å². The molecule has 124 valence electrons. The number of carbonyl (C=O) groups is 1. The largest absolute Gasteiger partial charge is 0.355 e. The van der Waals surface area contributed by atoms with Crippen LogP contribution in [0.5, 0.6) is 0 Å². The zero-order valence-electron chi connectivity index (χ0n) is 13.1. The van der Waals surface area contributed by atoms with E-state index in [2.05, 4.69) is 15.5 Å². The van der Waals surface area contributed by atoms with Gasteiger partial charge in [0.2, 0.25) is 5.91 Å². The normalized spacial score (nSPS) is 15.1. The lowest BCUT2D eigenvalue weighted by Gasteiger charge is -2.10. The van der Waals surface area contributed by atoms with Crippen molar-refractivity contribution in [2.45, 2.75) is 45.1 Å². The number of carbonyl (C=O) groups excluding carboxylic acids is 1. The predicted molar refractivity (Wildman–Crippen MR) is 94.9 cm³/mol. The first-order valence-corrected chi connectivity index (χ1v) is 9.48. The van der Waals surface area contributed by atoms with Gasteiger partial charge in [-0.1, -0.05) is 31.7 Å². The minimum absolute atomic E-state index is 0.00766. The monoisotopic (exact) mass is 350 g/mol. The number of aromatic amines is 1. The fraction of sp³-hybridized carbons (Fsp3) is 0.562. The fourth-order valence-electron chi connectivity index (χ4n) is 3.18. The number of hydrogen-bond donors (Lipinski definition) is 2. The van der Waals surface area contributed by atoms with Gasteiger partial charge in [0, 0.05) is 6.54 Å². The third kappa shape index (κ3) is 4.29. The van der Waals surface area contributed by atoms with E-state index in [0.717, 1.165) is 29.6 Å². The highest BCUT2D eigenvalue weighted by atomic mass is 32.1. The van der Waals surface area contributed by atoms with Gasteiger partial charge < -0.3 is 5.32 Å². The Bertz CT molecular complexity index is 683. The first-order chi connectivity index (χ1) is 11.2. The molecule has 1 saturated carbocycles. The second-order valence-corrected chi connectivity index (χ2v) is 7.39. The Morgan fingerprint density at radius 1 is 1.48 bits per heavy atom. The standard InChI is InChI=1S/C16H22N4OS2/c21-14(17-9-3-7-12-5-1-2-6-12)11-20-15(18-19-16(20)22)13-8-4-10-23-13/h4,8,10,12H,1-3,5-7,9,11H2,(H,17,21)(H,19,22). The van der Waals surface area contributed by atoms with Crippen molar-refractivity contribution >= 4 is 29.5 Å². The van der Waals surface area contributed by atoms with Crippen LogP contribution in [0.25, 0.3) is 10.7 Å². The second kappa shape index (κ2) is 7.88. The summed E-state index contributed by atoms with van der Waals surface area (Å²) in [6, 6.07) is 3.94. The van der Waals surface area contributed by atoms with Crippen LogP contribution in [0.3, 0.4) is 0 Å². The van der Waals surface area contributed by atoms with Crippen molar-refractivity contribution in [1.82, 2.24) is 20.1 Å². The maximum atomic E-state index is 12.2. The third-order valence-corrected chi connectivity index (χ3v) is 5.57. The summed E-state index contributed by atoms with van der Waals surface area (Å²) in [6.45, 7) is 0.959. The molecule has 1 aliphatic carbocycles. The summed E-state index contributed by atoms with van der Waals surface area (Å²) in [6.07, 6.45) is 7.77. The zero-order chi connectivity index (χ0) is 16.1. The van der Waals surface area contributed by atoms with Crippen LogP contribution < -0.4 is 5.32 Å². The summed E-state index contributed by atoms with van der Waals surface area (Å²) in [5, 5.41) is 12.0. The Balaban J connectivity index is 1.50. The summed E-state index contributed by atoms with van der Waals surface area (Å²) < 4.78 is 2.24. The molecule has 1 aliphatic rings. The summed E-state index contributed by atoms with van der Waals surface area (Å²) >= 11 is 6.83. The van der Waals surface area contributed by atoms with E-state index < -0.39 is 0 Å². The number of thiophene rings is 1. The topological polar surface area (TPSA) is 62.7 Å². The number of rotatable bonds is 7. The molecule has 23 heavy (non-hydrogen) atoms.